The number of nitriles is 1. The lowest BCUT2D eigenvalue weighted by Gasteiger charge is -2.09. The number of amides is 2. The van der Waals surface area contributed by atoms with Crippen molar-refractivity contribution in [1.82, 2.24) is 4.72 Å². The van der Waals surface area contributed by atoms with Crippen LogP contribution < -0.4 is 10.0 Å². The summed E-state index contributed by atoms with van der Waals surface area (Å²) in [5.41, 5.74) is 1.39. The van der Waals surface area contributed by atoms with Crippen molar-refractivity contribution in [1.29, 1.82) is 5.26 Å². The molecule has 0 unspecified atom stereocenters. The minimum Gasteiger partial charge on any atom is -0.306 e. The Kier molecular flexibility index (Phi) is 4.44. The molecule has 0 aliphatic heterocycles. The summed E-state index contributed by atoms with van der Waals surface area (Å²) in [5.74, 6) is 0. The highest BCUT2D eigenvalue weighted by atomic mass is 32.2. The molecule has 0 aliphatic rings. The first-order chi connectivity index (χ1) is 10.4. The fourth-order valence-electron chi connectivity index (χ4n) is 1.74. The quantitative estimate of drug-likeness (QED) is 0.908. The molecular formula is C15H13N3O3S. The first-order valence-electron chi connectivity index (χ1n) is 6.32. The predicted molar refractivity (Wildman–Crippen MR) is 81.7 cm³/mol. The minimum absolute atomic E-state index is 0.0122. The van der Waals surface area contributed by atoms with Crippen LogP contribution in [0.2, 0.25) is 0 Å². The van der Waals surface area contributed by atoms with Gasteiger partial charge in [-0.2, -0.15) is 5.26 Å². The average Bonchev–Trinajstić information content (AvgIpc) is 2.47. The lowest BCUT2D eigenvalue weighted by molar-refractivity contribution is 0.256. The van der Waals surface area contributed by atoms with Crippen LogP contribution in [0.5, 0.6) is 0 Å². The van der Waals surface area contributed by atoms with Gasteiger partial charge in [0.1, 0.15) is 6.07 Å². The summed E-state index contributed by atoms with van der Waals surface area (Å²) >= 11 is 0. The largest absolute Gasteiger partial charge is 0.333 e. The third-order valence-corrected chi connectivity index (χ3v) is 4.20. The van der Waals surface area contributed by atoms with Gasteiger partial charge in [0.05, 0.1) is 16.1 Å². The third-order valence-electron chi connectivity index (χ3n) is 2.85. The molecule has 6 nitrogen and oxygen atoms in total. The van der Waals surface area contributed by atoms with Crippen LogP contribution in [0.3, 0.4) is 0 Å². The molecule has 0 saturated carbocycles. The number of nitrogens with zero attached hydrogens (tertiary/aromatic N) is 1. The van der Waals surface area contributed by atoms with Gasteiger partial charge in [-0.3, -0.25) is 0 Å². The second kappa shape index (κ2) is 6.28. The van der Waals surface area contributed by atoms with Crippen molar-refractivity contribution in [2.45, 2.75) is 11.8 Å². The van der Waals surface area contributed by atoms with E-state index in [1.807, 2.05) is 17.7 Å². The number of nitrogens with one attached hydrogen (secondary N) is 2. The fraction of sp³-hybridized carbons (Fsp3) is 0.0667. The van der Waals surface area contributed by atoms with Crippen LogP contribution in [-0.4, -0.2) is 14.4 Å². The van der Waals surface area contributed by atoms with Gasteiger partial charge in [-0.25, -0.2) is 17.9 Å². The second-order valence-electron chi connectivity index (χ2n) is 4.53. The zero-order valence-corrected chi connectivity index (χ0v) is 12.5. The standard InChI is InChI=1S/C15H13N3O3S/c1-11-6-8-13(9-7-11)22(20,21)18-15(19)17-14-5-3-2-4-12(14)10-16/h2-9H,1H3,(H2,17,18,19). The van der Waals surface area contributed by atoms with Crippen LogP contribution in [-0.2, 0) is 10.0 Å². The Morgan fingerprint density at radius 2 is 1.73 bits per heavy atom. The van der Waals surface area contributed by atoms with Crippen LogP contribution >= 0.6 is 0 Å². The second-order valence-corrected chi connectivity index (χ2v) is 6.21. The van der Waals surface area contributed by atoms with E-state index < -0.39 is 16.1 Å². The zero-order chi connectivity index (χ0) is 16.2. The predicted octanol–water partition coefficient (Wildman–Crippen LogP) is 2.38. The van der Waals surface area contributed by atoms with E-state index in [0.29, 0.717) is 0 Å². The van der Waals surface area contributed by atoms with E-state index in [1.54, 1.807) is 24.3 Å². The summed E-state index contributed by atoms with van der Waals surface area (Å²) < 4.78 is 26.0. The molecule has 2 amide bonds. The van der Waals surface area contributed by atoms with Crippen LogP contribution in [0.15, 0.2) is 53.4 Å². The normalized spacial score (nSPS) is 10.5. The molecule has 0 fully saturated rings. The minimum atomic E-state index is -3.96. The third kappa shape index (κ3) is 3.62. The van der Waals surface area contributed by atoms with E-state index in [-0.39, 0.29) is 16.1 Å². The molecule has 2 N–H and O–H groups in total. The van der Waals surface area contributed by atoms with Gasteiger partial charge in [-0.15, -0.1) is 0 Å². The number of benzene rings is 2. The number of sulfonamides is 1. The molecule has 112 valence electrons. The molecule has 2 aromatic carbocycles. The van der Waals surface area contributed by atoms with Gasteiger partial charge in [-0.05, 0) is 31.2 Å². The molecule has 0 atom stereocenters. The maximum Gasteiger partial charge on any atom is 0.333 e. The van der Waals surface area contributed by atoms with Gasteiger partial charge in [-0.1, -0.05) is 29.8 Å². The summed E-state index contributed by atoms with van der Waals surface area (Å²) in [4.78, 5) is 11.8. The topological polar surface area (TPSA) is 99.1 Å². The van der Waals surface area contributed by atoms with Crippen LogP contribution in [0.25, 0.3) is 0 Å². The number of aryl methyl sites for hydroxylation is 1. The Labute approximate surface area is 128 Å². The van der Waals surface area contributed by atoms with Crippen molar-refractivity contribution in [3.63, 3.8) is 0 Å². The summed E-state index contributed by atoms with van der Waals surface area (Å²) in [7, 11) is -3.96. The molecule has 0 aliphatic carbocycles. The van der Waals surface area contributed by atoms with Gasteiger partial charge in [0, 0.05) is 0 Å². The zero-order valence-electron chi connectivity index (χ0n) is 11.7. The van der Waals surface area contributed by atoms with E-state index in [4.69, 9.17) is 5.26 Å². The molecule has 7 heteroatoms. The van der Waals surface area contributed by atoms with Crippen molar-refractivity contribution in [3.05, 3.63) is 59.7 Å². The Hall–Kier alpha value is -2.85. The summed E-state index contributed by atoms with van der Waals surface area (Å²) in [6.45, 7) is 1.83. The Bertz CT molecular complexity index is 837. The van der Waals surface area contributed by atoms with Gasteiger partial charge < -0.3 is 5.32 Å². The first kappa shape index (κ1) is 15.5. The molecule has 0 heterocycles. The molecule has 0 saturated heterocycles. The van der Waals surface area contributed by atoms with Crippen LogP contribution in [0.1, 0.15) is 11.1 Å². The summed E-state index contributed by atoms with van der Waals surface area (Å²) in [5, 5.41) is 11.3. The highest BCUT2D eigenvalue weighted by molar-refractivity contribution is 7.90. The molecule has 2 aromatic rings. The Morgan fingerprint density at radius 3 is 2.36 bits per heavy atom. The molecule has 0 aromatic heterocycles. The number of hydrogen-bond donors (Lipinski definition) is 2. The number of hydrogen-bond acceptors (Lipinski definition) is 4. The van der Waals surface area contributed by atoms with Crippen molar-refractivity contribution in [2.75, 3.05) is 5.32 Å². The van der Waals surface area contributed by atoms with Crippen molar-refractivity contribution in [3.8, 4) is 6.07 Å². The van der Waals surface area contributed by atoms with E-state index >= 15 is 0 Å². The maximum atomic E-state index is 12.1. The lowest BCUT2D eigenvalue weighted by Crippen LogP contribution is -2.34. The molecule has 0 bridgehead atoms. The molecule has 0 spiro atoms. The first-order valence-corrected chi connectivity index (χ1v) is 7.80. The van der Waals surface area contributed by atoms with Gasteiger partial charge in [0.2, 0.25) is 0 Å². The SMILES string of the molecule is Cc1ccc(S(=O)(=O)NC(=O)Nc2ccccc2C#N)cc1. The van der Waals surface area contributed by atoms with E-state index in [9.17, 15) is 13.2 Å². The number of rotatable bonds is 3. The van der Waals surface area contributed by atoms with E-state index in [1.165, 1.54) is 24.3 Å². The molecular weight excluding hydrogens is 302 g/mol. The summed E-state index contributed by atoms with van der Waals surface area (Å²) in [6, 6.07) is 13.4. The van der Waals surface area contributed by atoms with E-state index in [0.717, 1.165) is 5.56 Å². The monoisotopic (exact) mass is 315 g/mol. The van der Waals surface area contributed by atoms with Crippen molar-refractivity contribution >= 4 is 21.7 Å². The smallest absolute Gasteiger partial charge is 0.306 e. The number of urea groups is 1. The molecule has 0 radical (unpaired) electrons. The number of anilines is 1. The van der Waals surface area contributed by atoms with Gasteiger partial charge in [0.15, 0.2) is 0 Å². The average molecular weight is 315 g/mol. The Balaban J connectivity index is 2.15. The van der Waals surface area contributed by atoms with Crippen molar-refractivity contribution in [2.24, 2.45) is 0 Å². The van der Waals surface area contributed by atoms with Crippen molar-refractivity contribution < 1.29 is 13.2 Å². The highest BCUT2D eigenvalue weighted by Gasteiger charge is 2.17. The van der Waals surface area contributed by atoms with Crippen LogP contribution in [0.4, 0.5) is 10.5 Å². The fourth-order valence-corrected chi connectivity index (χ4v) is 2.64. The Morgan fingerprint density at radius 1 is 1.09 bits per heavy atom. The maximum absolute atomic E-state index is 12.1. The number of carbonyl (C=O) groups excluding carboxylic acids is 1. The molecule has 2 rings (SSSR count). The summed E-state index contributed by atoms with van der Waals surface area (Å²) in [6.07, 6.45) is 0. The number of carbonyl (C=O) groups is 1. The lowest BCUT2D eigenvalue weighted by atomic mass is 10.2. The van der Waals surface area contributed by atoms with Gasteiger partial charge >= 0.3 is 6.03 Å². The van der Waals surface area contributed by atoms with Gasteiger partial charge in [0.25, 0.3) is 10.0 Å². The highest BCUT2D eigenvalue weighted by Crippen LogP contribution is 2.14. The molecule has 22 heavy (non-hydrogen) atoms. The van der Waals surface area contributed by atoms with E-state index in [2.05, 4.69) is 5.32 Å². The van der Waals surface area contributed by atoms with Crippen LogP contribution in [0, 0.1) is 18.3 Å². The number of para-hydroxylation sites is 1.